The molecular formula is C32H35ClN4O5. The number of hydrogen-bond donors (Lipinski definition) is 0. The molecule has 0 bridgehead atoms. The summed E-state index contributed by atoms with van der Waals surface area (Å²) in [7, 11) is 0. The van der Waals surface area contributed by atoms with Crippen molar-refractivity contribution in [3.05, 3.63) is 47.2 Å². The Balaban J connectivity index is 1.47. The molecule has 0 spiro atoms. The smallest absolute Gasteiger partial charge is 0.420 e. The lowest BCUT2D eigenvalue weighted by Gasteiger charge is -2.35. The number of ether oxygens (including phenoxy) is 2. The van der Waals surface area contributed by atoms with Crippen LogP contribution in [0, 0.1) is 17.8 Å². The van der Waals surface area contributed by atoms with Crippen LogP contribution >= 0.6 is 11.6 Å². The Morgan fingerprint density at radius 1 is 1.02 bits per heavy atom. The van der Waals surface area contributed by atoms with Gasteiger partial charge < -0.3 is 14.4 Å². The molecule has 42 heavy (non-hydrogen) atoms. The quantitative estimate of drug-likeness (QED) is 0.317. The molecule has 3 heterocycles. The van der Waals surface area contributed by atoms with Crippen molar-refractivity contribution in [2.24, 2.45) is 5.92 Å². The fourth-order valence-corrected chi connectivity index (χ4v) is 4.92. The lowest BCUT2D eigenvalue weighted by Crippen LogP contribution is -2.53. The standard InChI is InChI=1S/C32H35ClN4O5/c1-31(2,3)41-29(39)35-14-15-36(25(38)19-35)23-9-7-8-21(16-23)24-17-34-28-26(27(24)33)22(13-12-20-10-11-20)18-37(28)30(40)42-32(4,5)6/h7-9,16-18,20H,10-11,14-15,19H2,1-6H3. The summed E-state index contributed by atoms with van der Waals surface area (Å²) in [5.74, 6) is 6.59. The lowest BCUT2D eigenvalue weighted by atomic mass is 10.0. The molecule has 0 unspecified atom stereocenters. The van der Waals surface area contributed by atoms with Crippen LogP contribution in [-0.4, -0.2) is 63.4 Å². The van der Waals surface area contributed by atoms with E-state index in [1.165, 1.54) is 9.47 Å². The van der Waals surface area contributed by atoms with E-state index in [1.54, 1.807) is 58.8 Å². The van der Waals surface area contributed by atoms with E-state index in [0.717, 1.165) is 18.4 Å². The topological polar surface area (TPSA) is 94.0 Å². The van der Waals surface area contributed by atoms with E-state index in [1.807, 2.05) is 24.3 Å². The fourth-order valence-electron chi connectivity index (χ4n) is 4.58. The van der Waals surface area contributed by atoms with E-state index in [2.05, 4.69) is 16.8 Å². The summed E-state index contributed by atoms with van der Waals surface area (Å²) in [6, 6.07) is 7.45. The fraction of sp³-hybridized carbons (Fsp3) is 0.438. The number of carbonyl (C=O) groups is 3. The highest BCUT2D eigenvalue weighted by molar-refractivity contribution is 6.38. The summed E-state index contributed by atoms with van der Waals surface area (Å²) in [6.07, 6.45) is 4.31. The molecule has 0 radical (unpaired) electrons. The van der Waals surface area contributed by atoms with Gasteiger partial charge in [0, 0.05) is 42.7 Å². The van der Waals surface area contributed by atoms with Gasteiger partial charge >= 0.3 is 12.2 Å². The van der Waals surface area contributed by atoms with Crippen molar-refractivity contribution in [2.75, 3.05) is 24.5 Å². The second kappa shape index (κ2) is 11.0. The van der Waals surface area contributed by atoms with Gasteiger partial charge in [-0.2, -0.15) is 0 Å². The number of fused-ring (bicyclic) bond motifs is 1. The van der Waals surface area contributed by atoms with Crippen molar-refractivity contribution in [1.29, 1.82) is 0 Å². The average Bonchev–Trinajstić information content (AvgIpc) is 3.64. The number of anilines is 1. The van der Waals surface area contributed by atoms with Crippen LogP contribution in [0.4, 0.5) is 15.3 Å². The maximum absolute atomic E-state index is 13.1. The molecule has 10 heteroatoms. The van der Waals surface area contributed by atoms with Gasteiger partial charge in [0.15, 0.2) is 5.65 Å². The van der Waals surface area contributed by atoms with E-state index in [0.29, 0.717) is 51.9 Å². The highest BCUT2D eigenvalue weighted by Gasteiger charge is 2.31. The lowest BCUT2D eigenvalue weighted by molar-refractivity contribution is -0.121. The van der Waals surface area contributed by atoms with E-state index in [4.69, 9.17) is 21.1 Å². The SMILES string of the molecule is CC(C)(C)OC(=O)N1CCN(c2cccc(-c3cnc4c(c(C#CC5CC5)cn4C(=O)OC(C)(C)C)c3Cl)c2)C(=O)C1. The molecule has 220 valence electrons. The minimum absolute atomic E-state index is 0.0748. The molecule has 0 atom stereocenters. The predicted molar refractivity (Wildman–Crippen MR) is 162 cm³/mol. The second-order valence-corrected chi connectivity index (χ2v) is 13.0. The third-order valence-corrected chi connectivity index (χ3v) is 7.06. The normalized spacial score (nSPS) is 15.8. The minimum Gasteiger partial charge on any atom is -0.444 e. The van der Waals surface area contributed by atoms with Crippen LogP contribution in [0.1, 0.15) is 59.9 Å². The molecule has 1 saturated carbocycles. The van der Waals surface area contributed by atoms with E-state index in [-0.39, 0.29) is 12.5 Å². The number of carbonyl (C=O) groups excluding carboxylic acids is 3. The first-order valence-electron chi connectivity index (χ1n) is 14.0. The second-order valence-electron chi connectivity index (χ2n) is 12.6. The molecule has 2 aromatic heterocycles. The monoisotopic (exact) mass is 590 g/mol. The number of benzene rings is 1. The van der Waals surface area contributed by atoms with Gasteiger partial charge in [0.2, 0.25) is 5.91 Å². The molecule has 5 rings (SSSR count). The maximum atomic E-state index is 13.1. The highest BCUT2D eigenvalue weighted by Crippen LogP contribution is 2.37. The third-order valence-electron chi connectivity index (χ3n) is 6.67. The third kappa shape index (κ3) is 6.55. The summed E-state index contributed by atoms with van der Waals surface area (Å²) < 4.78 is 12.4. The molecule has 1 aliphatic heterocycles. The minimum atomic E-state index is -0.687. The molecule has 2 amide bonds. The molecular weight excluding hydrogens is 556 g/mol. The van der Waals surface area contributed by atoms with Crippen LogP contribution in [0.25, 0.3) is 22.2 Å². The van der Waals surface area contributed by atoms with Gasteiger partial charge in [0.05, 0.1) is 16.0 Å². The van der Waals surface area contributed by atoms with E-state index >= 15 is 0 Å². The summed E-state index contributed by atoms with van der Waals surface area (Å²) in [4.78, 5) is 46.3. The number of piperazine rings is 1. The first kappa shape index (κ1) is 29.5. The molecule has 0 N–H and O–H groups in total. The molecule has 1 aliphatic carbocycles. The number of rotatable bonds is 2. The first-order valence-corrected chi connectivity index (χ1v) is 14.4. The molecule has 1 aromatic carbocycles. The summed E-state index contributed by atoms with van der Waals surface area (Å²) in [6.45, 7) is 11.4. The van der Waals surface area contributed by atoms with Crippen LogP contribution in [0.2, 0.25) is 5.02 Å². The van der Waals surface area contributed by atoms with Crippen molar-refractivity contribution in [3.63, 3.8) is 0 Å². The number of aromatic nitrogens is 2. The van der Waals surface area contributed by atoms with Gasteiger partial charge in [-0.1, -0.05) is 35.6 Å². The Hall–Kier alpha value is -4.03. The van der Waals surface area contributed by atoms with Crippen molar-refractivity contribution < 1.29 is 23.9 Å². The molecule has 2 fully saturated rings. The van der Waals surface area contributed by atoms with E-state index < -0.39 is 23.4 Å². The molecule has 9 nitrogen and oxygen atoms in total. The number of halogens is 1. The number of amides is 2. The van der Waals surface area contributed by atoms with Crippen molar-refractivity contribution in [2.45, 2.75) is 65.6 Å². The Morgan fingerprint density at radius 2 is 1.71 bits per heavy atom. The summed E-state index contributed by atoms with van der Waals surface area (Å²) >= 11 is 7.02. The van der Waals surface area contributed by atoms with Gasteiger partial charge in [-0.25, -0.2) is 19.1 Å². The van der Waals surface area contributed by atoms with Crippen LogP contribution in [0.15, 0.2) is 36.7 Å². The Bertz CT molecular complexity index is 1630. The van der Waals surface area contributed by atoms with Gasteiger partial charge in [-0.15, -0.1) is 0 Å². The van der Waals surface area contributed by atoms with Crippen molar-refractivity contribution in [3.8, 4) is 23.0 Å². The zero-order valence-electron chi connectivity index (χ0n) is 24.8. The summed E-state index contributed by atoms with van der Waals surface area (Å²) in [5, 5.41) is 0.973. The Kier molecular flexibility index (Phi) is 7.71. The zero-order valence-corrected chi connectivity index (χ0v) is 25.5. The highest BCUT2D eigenvalue weighted by atomic mass is 35.5. The molecule has 3 aromatic rings. The van der Waals surface area contributed by atoms with Crippen LogP contribution in [-0.2, 0) is 14.3 Å². The average molecular weight is 591 g/mol. The van der Waals surface area contributed by atoms with Gasteiger partial charge in [0.1, 0.15) is 17.7 Å². The first-order chi connectivity index (χ1) is 19.7. The number of hydrogen-bond acceptors (Lipinski definition) is 6. The Labute approximate surface area is 250 Å². The predicted octanol–water partition coefficient (Wildman–Crippen LogP) is 6.49. The Morgan fingerprint density at radius 3 is 2.36 bits per heavy atom. The van der Waals surface area contributed by atoms with Crippen molar-refractivity contribution in [1.82, 2.24) is 14.5 Å². The van der Waals surface area contributed by atoms with Gasteiger partial charge in [0.25, 0.3) is 0 Å². The van der Waals surface area contributed by atoms with Crippen LogP contribution < -0.4 is 4.90 Å². The number of pyridine rings is 1. The van der Waals surface area contributed by atoms with Gasteiger partial charge in [-0.05, 0) is 72.1 Å². The number of nitrogens with zero attached hydrogens (tertiary/aromatic N) is 4. The van der Waals surface area contributed by atoms with Crippen LogP contribution in [0.3, 0.4) is 0 Å². The van der Waals surface area contributed by atoms with Gasteiger partial charge in [-0.3, -0.25) is 9.69 Å². The van der Waals surface area contributed by atoms with Crippen LogP contribution in [0.5, 0.6) is 0 Å². The zero-order chi connectivity index (χ0) is 30.4. The molecule has 2 aliphatic rings. The molecule has 1 saturated heterocycles. The summed E-state index contributed by atoms with van der Waals surface area (Å²) in [5.41, 5.74) is 1.71. The van der Waals surface area contributed by atoms with E-state index in [9.17, 15) is 14.4 Å². The maximum Gasteiger partial charge on any atom is 0.420 e. The largest absolute Gasteiger partial charge is 0.444 e. The van der Waals surface area contributed by atoms with Crippen molar-refractivity contribution >= 4 is 46.4 Å².